The number of hydrogen-bond acceptors (Lipinski definition) is 6. The third-order valence-corrected chi connectivity index (χ3v) is 4.91. The molecule has 0 amide bonds. The summed E-state index contributed by atoms with van der Waals surface area (Å²) in [6, 6.07) is 10.2. The smallest absolute Gasteiger partial charge is 0.280 e. The van der Waals surface area contributed by atoms with Crippen LogP contribution in [-0.2, 0) is 10.0 Å². The van der Waals surface area contributed by atoms with E-state index in [1.165, 1.54) is 19.4 Å². The highest BCUT2D eigenvalue weighted by atomic mass is 32.2. The second-order valence-corrected chi connectivity index (χ2v) is 7.36. The largest absolute Gasteiger partial charge is 0.495 e. The van der Waals surface area contributed by atoms with Crippen LogP contribution in [0.15, 0.2) is 46.4 Å². The van der Waals surface area contributed by atoms with Crippen molar-refractivity contribution in [2.24, 2.45) is 5.10 Å². The molecule has 0 atom stereocenters. The van der Waals surface area contributed by atoms with E-state index in [0.29, 0.717) is 23.7 Å². The lowest BCUT2D eigenvalue weighted by molar-refractivity contribution is 0.294. The van der Waals surface area contributed by atoms with Crippen LogP contribution in [0.4, 0.5) is 0 Å². The lowest BCUT2D eigenvalue weighted by atomic mass is 10.2. The first-order valence-corrected chi connectivity index (χ1v) is 9.90. The average Bonchev–Trinajstić information content (AvgIpc) is 2.66. The highest BCUT2D eigenvalue weighted by Crippen LogP contribution is 2.30. The Hall–Kier alpha value is -2.74. The fourth-order valence-electron chi connectivity index (χ4n) is 2.36. The van der Waals surface area contributed by atoms with E-state index in [1.807, 2.05) is 6.92 Å². The number of rotatable bonds is 9. The number of sulfonamides is 1. The summed E-state index contributed by atoms with van der Waals surface area (Å²) >= 11 is 0. The van der Waals surface area contributed by atoms with Crippen LogP contribution in [0.1, 0.15) is 24.5 Å². The summed E-state index contributed by atoms with van der Waals surface area (Å²) in [6.07, 6.45) is 2.21. The van der Waals surface area contributed by atoms with Gasteiger partial charge in [0.25, 0.3) is 10.0 Å². The molecule has 2 rings (SSSR count). The molecule has 0 radical (unpaired) electrons. The van der Waals surface area contributed by atoms with Crippen LogP contribution in [0.25, 0.3) is 0 Å². The Labute approximate surface area is 160 Å². The summed E-state index contributed by atoms with van der Waals surface area (Å²) in [7, 11) is -0.926. The Morgan fingerprint density at radius 3 is 2.52 bits per heavy atom. The molecular formula is C19H24N2O5S. The Kier molecular flexibility index (Phi) is 7.06. The molecule has 2 aromatic rings. The molecule has 0 spiro atoms. The fourth-order valence-corrected chi connectivity index (χ4v) is 3.41. The molecule has 0 aliphatic rings. The van der Waals surface area contributed by atoms with E-state index in [1.54, 1.807) is 44.4 Å². The second-order valence-electron chi connectivity index (χ2n) is 5.73. The number of ether oxygens (including phenoxy) is 3. The monoisotopic (exact) mass is 392 g/mol. The number of hydrazone groups is 1. The van der Waals surface area contributed by atoms with Gasteiger partial charge in [-0.15, -0.1) is 0 Å². The van der Waals surface area contributed by atoms with Crippen molar-refractivity contribution in [3.8, 4) is 17.2 Å². The van der Waals surface area contributed by atoms with E-state index >= 15 is 0 Å². The summed E-state index contributed by atoms with van der Waals surface area (Å²) in [5.74, 6) is 1.31. The first-order valence-electron chi connectivity index (χ1n) is 8.42. The van der Waals surface area contributed by atoms with E-state index in [4.69, 9.17) is 14.2 Å². The topological polar surface area (TPSA) is 86.2 Å². The second kappa shape index (κ2) is 9.27. The van der Waals surface area contributed by atoms with Gasteiger partial charge in [-0.05, 0) is 43.2 Å². The third kappa shape index (κ3) is 5.13. The fraction of sp³-hybridized carbons (Fsp3) is 0.316. The maximum Gasteiger partial charge on any atom is 0.280 e. The highest BCUT2D eigenvalue weighted by Gasteiger charge is 2.19. The van der Waals surface area contributed by atoms with Gasteiger partial charge in [-0.1, -0.05) is 19.1 Å². The molecule has 0 aliphatic carbocycles. The van der Waals surface area contributed by atoms with E-state index in [-0.39, 0.29) is 10.6 Å². The lowest BCUT2D eigenvalue weighted by Crippen LogP contribution is -2.19. The van der Waals surface area contributed by atoms with Crippen molar-refractivity contribution in [1.82, 2.24) is 4.83 Å². The van der Waals surface area contributed by atoms with Gasteiger partial charge in [0.15, 0.2) is 11.5 Å². The van der Waals surface area contributed by atoms with Crippen molar-refractivity contribution in [3.63, 3.8) is 0 Å². The van der Waals surface area contributed by atoms with Gasteiger partial charge in [0.05, 0.1) is 27.0 Å². The van der Waals surface area contributed by atoms with E-state index in [9.17, 15) is 8.42 Å². The Balaban J connectivity index is 2.28. The predicted octanol–water partition coefficient (Wildman–Crippen LogP) is 3.11. The quantitative estimate of drug-likeness (QED) is 0.523. The van der Waals surface area contributed by atoms with Gasteiger partial charge >= 0.3 is 0 Å². The SMILES string of the molecule is CCCOc1c(/C=N/NS(=O)(=O)c2cc(C)ccc2OC)cccc1OC. The number of benzene rings is 2. The van der Waals surface area contributed by atoms with E-state index in [2.05, 4.69) is 9.93 Å². The number of nitrogens with zero attached hydrogens (tertiary/aromatic N) is 1. The molecule has 27 heavy (non-hydrogen) atoms. The summed E-state index contributed by atoms with van der Waals surface area (Å²) < 4.78 is 41.3. The Bertz CT molecular complexity index is 910. The lowest BCUT2D eigenvalue weighted by Gasteiger charge is -2.12. The molecular weight excluding hydrogens is 368 g/mol. The van der Waals surface area contributed by atoms with Crippen LogP contribution in [0.5, 0.6) is 17.2 Å². The molecule has 0 aromatic heterocycles. The average molecular weight is 392 g/mol. The van der Waals surface area contributed by atoms with Gasteiger partial charge in [-0.25, -0.2) is 0 Å². The van der Waals surface area contributed by atoms with E-state index < -0.39 is 10.0 Å². The third-order valence-electron chi connectivity index (χ3n) is 3.66. The normalized spacial score (nSPS) is 11.4. The van der Waals surface area contributed by atoms with Gasteiger partial charge in [0.2, 0.25) is 0 Å². The van der Waals surface area contributed by atoms with Crippen LogP contribution in [0.2, 0.25) is 0 Å². The first kappa shape index (κ1) is 20.6. The van der Waals surface area contributed by atoms with Gasteiger partial charge in [0, 0.05) is 5.56 Å². The van der Waals surface area contributed by atoms with Crippen molar-refractivity contribution in [3.05, 3.63) is 47.5 Å². The summed E-state index contributed by atoms with van der Waals surface area (Å²) in [5, 5.41) is 3.88. The van der Waals surface area contributed by atoms with Crippen molar-refractivity contribution < 1.29 is 22.6 Å². The number of nitrogens with one attached hydrogen (secondary N) is 1. The Morgan fingerprint density at radius 2 is 1.85 bits per heavy atom. The van der Waals surface area contributed by atoms with Crippen molar-refractivity contribution >= 4 is 16.2 Å². The van der Waals surface area contributed by atoms with Crippen molar-refractivity contribution in [2.45, 2.75) is 25.2 Å². The van der Waals surface area contributed by atoms with Crippen LogP contribution in [-0.4, -0.2) is 35.5 Å². The van der Waals surface area contributed by atoms with Gasteiger partial charge < -0.3 is 14.2 Å². The van der Waals surface area contributed by atoms with Crippen LogP contribution >= 0.6 is 0 Å². The number of aryl methyl sites for hydroxylation is 1. The van der Waals surface area contributed by atoms with Crippen LogP contribution in [0.3, 0.4) is 0 Å². The first-order chi connectivity index (χ1) is 12.9. The number of hydrogen-bond donors (Lipinski definition) is 1. The van der Waals surface area contributed by atoms with Crippen LogP contribution in [0, 0.1) is 6.92 Å². The molecule has 1 N–H and O–H groups in total. The molecule has 0 bridgehead atoms. The molecule has 0 fully saturated rings. The van der Waals surface area contributed by atoms with Crippen molar-refractivity contribution in [1.29, 1.82) is 0 Å². The zero-order chi connectivity index (χ0) is 19.9. The molecule has 0 heterocycles. The molecule has 0 saturated carbocycles. The minimum Gasteiger partial charge on any atom is -0.495 e. The standard InChI is InChI=1S/C19H24N2O5S/c1-5-11-26-19-15(7-6-8-17(19)25-4)13-20-21-27(22,23)18-12-14(2)9-10-16(18)24-3/h6-10,12-13,21H,5,11H2,1-4H3/b20-13+. The molecule has 146 valence electrons. The summed E-state index contributed by atoms with van der Waals surface area (Å²) in [5.41, 5.74) is 1.39. The summed E-state index contributed by atoms with van der Waals surface area (Å²) in [6.45, 7) is 4.30. The molecule has 2 aromatic carbocycles. The number of para-hydroxylation sites is 1. The zero-order valence-corrected chi connectivity index (χ0v) is 16.7. The Morgan fingerprint density at radius 1 is 1.11 bits per heavy atom. The van der Waals surface area contributed by atoms with E-state index in [0.717, 1.165) is 12.0 Å². The van der Waals surface area contributed by atoms with Gasteiger partial charge in [-0.3, -0.25) is 0 Å². The molecule has 0 unspecified atom stereocenters. The minimum atomic E-state index is -3.89. The predicted molar refractivity (Wildman–Crippen MR) is 104 cm³/mol. The highest BCUT2D eigenvalue weighted by molar-refractivity contribution is 7.89. The van der Waals surface area contributed by atoms with Crippen molar-refractivity contribution in [2.75, 3.05) is 20.8 Å². The van der Waals surface area contributed by atoms with Gasteiger partial charge in [0.1, 0.15) is 10.6 Å². The maximum absolute atomic E-state index is 12.6. The molecule has 7 nitrogen and oxygen atoms in total. The molecule has 8 heteroatoms. The zero-order valence-electron chi connectivity index (χ0n) is 15.9. The number of methoxy groups -OCH3 is 2. The van der Waals surface area contributed by atoms with Gasteiger partial charge in [-0.2, -0.15) is 18.4 Å². The van der Waals surface area contributed by atoms with Crippen LogP contribution < -0.4 is 19.0 Å². The summed E-state index contributed by atoms with van der Waals surface area (Å²) in [4.78, 5) is 2.24. The maximum atomic E-state index is 12.6. The molecule has 0 aliphatic heterocycles. The minimum absolute atomic E-state index is 0.0234. The molecule has 0 saturated heterocycles.